The van der Waals surface area contributed by atoms with Gasteiger partial charge in [0, 0.05) is 6.54 Å². The summed E-state index contributed by atoms with van der Waals surface area (Å²) in [5.74, 6) is 0. The second kappa shape index (κ2) is 5.99. The van der Waals surface area contributed by atoms with Crippen molar-refractivity contribution in [1.29, 1.82) is 0 Å². The van der Waals surface area contributed by atoms with E-state index in [2.05, 4.69) is 6.58 Å². The van der Waals surface area contributed by atoms with E-state index in [-0.39, 0.29) is 15.2 Å². The van der Waals surface area contributed by atoms with Gasteiger partial charge in [-0.3, -0.25) is 0 Å². The van der Waals surface area contributed by atoms with Crippen molar-refractivity contribution in [2.75, 3.05) is 26.9 Å². The van der Waals surface area contributed by atoms with Crippen LogP contribution in [0.3, 0.4) is 0 Å². The number of alkyl halides is 3. The Kier molecular flexibility index (Phi) is 5.73. The van der Waals surface area contributed by atoms with Crippen LogP contribution in [0.25, 0.3) is 0 Å². The number of hydrogen-bond acceptors (Lipinski definition) is 2. The lowest BCUT2D eigenvalue weighted by Gasteiger charge is -2.22. The first-order chi connectivity index (χ1) is 6.54. The van der Waals surface area contributed by atoms with Crippen LogP contribution in [0.1, 0.15) is 0 Å². The molecule has 0 saturated carbocycles. The Labute approximate surface area is 80.8 Å². The molecule has 0 aromatic rings. The van der Waals surface area contributed by atoms with Crippen molar-refractivity contribution in [3.05, 3.63) is 12.7 Å². The van der Waals surface area contributed by atoms with Gasteiger partial charge in [-0.05, 0) is 0 Å². The zero-order valence-electron chi connectivity index (χ0n) is 7.37. The molecule has 0 aliphatic heterocycles. The van der Waals surface area contributed by atoms with Crippen LogP contribution in [0.15, 0.2) is 12.7 Å². The summed E-state index contributed by atoms with van der Waals surface area (Å²) in [6.07, 6.45) is 1.12. The molecule has 0 fully saturated rings. The fourth-order valence-electron chi connectivity index (χ4n) is 0.667. The van der Waals surface area contributed by atoms with Crippen LogP contribution in [0.4, 0.5) is 13.2 Å². The van der Waals surface area contributed by atoms with E-state index in [1.807, 2.05) is 0 Å². The van der Waals surface area contributed by atoms with E-state index < -0.39 is 30.6 Å². The van der Waals surface area contributed by atoms with Gasteiger partial charge in [-0.15, -0.1) is 10.9 Å². The van der Waals surface area contributed by atoms with E-state index in [9.17, 15) is 21.6 Å². The molecule has 4 nitrogen and oxygen atoms in total. The van der Waals surface area contributed by atoms with Crippen molar-refractivity contribution >= 4 is 10.2 Å². The minimum atomic E-state index is -4.41. The van der Waals surface area contributed by atoms with E-state index >= 15 is 0 Å². The molecule has 0 saturated heterocycles. The summed E-state index contributed by atoms with van der Waals surface area (Å²) in [5, 5.41) is 0. The Morgan fingerprint density at radius 3 is 1.79 bits per heavy atom. The van der Waals surface area contributed by atoms with E-state index in [4.69, 9.17) is 0 Å². The van der Waals surface area contributed by atoms with E-state index in [1.165, 1.54) is 0 Å². The number of hydrogen-bond donors (Lipinski definition) is 0. The highest BCUT2D eigenvalue weighted by atomic mass is 32.2. The highest BCUT2D eigenvalue weighted by Crippen LogP contribution is 2.08. The molecule has 0 aliphatic carbocycles. The van der Waals surface area contributed by atoms with Crippen LogP contribution in [0.2, 0.25) is 0 Å². The van der Waals surface area contributed by atoms with Crippen molar-refractivity contribution in [2.45, 2.75) is 0 Å². The third kappa shape index (κ3) is 2.96. The zero-order chi connectivity index (χ0) is 11.2. The number of halogens is 3. The molecule has 0 bridgehead atoms. The monoisotopic (exact) mass is 232 g/mol. The molecule has 84 valence electrons. The summed E-state index contributed by atoms with van der Waals surface area (Å²) in [6.45, 7) is -1.57. The highest BCUT2D eigenvalue weighted by Gasteiger charge is 2.28. The van der Waals surface area contributed by atoms with Gasteiger partial charge in [-0.25, -0.2) is 13.2 Å². The molecule has 0 rings (SSSR count). The van der Waals surface area contributed by atoms with Gasteiger partial charge in [0.1, 0.15) is 0 Å². The summed E-state index contributed by atoms with van der Waals surface area (Å²) < 4.78 is 58.8. The highest BCUT2D eigenvalue weighted by molar-refractivity contribution is 7.86. The average Bonchev–Trinajstić information content (AvgIpc) is 2.15. The molecule has 14 heavy (non-hydrogen) atoms. The standard InChI is InChI=1S/C6H11F3N2O2S/c1-2-3-10(4-7)14(12,13)11(5-8)6-9/h2H,1,3-6H2. The molecule has 0 radical (unpaired) electrons. The van der Waals surface area contributed by atoms with Gasteiger partial charge in [0.05, 0.1) is 0 Å². The molecule has 0 amide bonds. The summed E-state index contributed by atoms with van der Waals surface area (Å²) in [6, 6.07) is 0. The first kappa shape index (κ1) is 13.4. The summed E-state index contributed by atoms with van der Waals surface area (Å²) in [4.78, 5) is 0. The third-order valence-corrected chi connectivity index (χ3v) is 3.13. The SMILES string of the molecule is C=CCN(CF)S(=O)(=O)N(CF)CF. The van der Waals surface area contributed by atoms with Crippen LogP contribution < -0.4 is 0 Å². The smallest absolute Gasteiger partial charge is 0.233 e. The van der Waals surface area contributed by atoms with Crippen LogP contribution in [0, 0.1) is 0 Å². The largest absolute Gasteiger partial charge is 0.288 e. The first-order valence-corrected chi connectivity index (χ1v) is 4.98. The summed E-state index contributed by atoms with van der Waals surface area (Å²) >= 11 is 0. The van der Waals surface area contributed by atoms with E-state index in [0.717, 1.165) is 6.08 Å². The van der Waals surface area contributed by atoms with Crippen LogP contribution in [-0.4, -0.2) is 44.0 Å². The Bertz CT molecular complexity index is 266. The maximum Gasteiger partial charge on any atom is 0.288 e. The fraction of sp³-hybridized carbons (Fsp3) is 0.667. The van der Waals surface area contributed by atoms with Gasteiger partial charge in [-0.1, -0.05) is 6.08 Å². The minimum Gasteiger partial charge on any atom is -0.233 e. The molecule has 0 heterocycles. The van der Waals surface area contributed by atoms with Gasteiger partial charge in [0.15, 0.2) is 20.4 Å². The molecule has 0 aromatic heterocycles. The van der Waals surface area contributed by atoms with Crippen LogP contribution >= 0.6 is 0 Å². The first-order valence-electron chi connectivity index (χ1n) is 3.58. The molecule has 0 atom stereocenters. The predicted octanol–water partition coefficient (Wildman–Crippen LogP) is 0.802. The lowest BCUT2D eigenvalue weighted by molar-refractivity contribution is 0.195. The van der Waals surface area contributed by atoms with Crippen molar-refractivity contribution in [1.82, 2.24) is 8.61 Å². The zero-order valence-corrected chi connectivity index (χ0v) is 8.18. The molecular weight excluding hydrogens is 221 g/mol. The normalized spacial score (nSPS) is 12.4. The average molecular weight is 232 g/mol. The van der Waals surface area contributed by atoms with Crippen LogP contribution in [-0.2, 0) is 10.2 Å². The lowest BCUT2D eigenvalue weighted by Crippen LogP contribution is -2.42. The van der Waals surface area contributed by atoms with Crippen molar-refractivity contribution in [2.24, 2.45) is 0 Å². The summed E-state index contributed by atoms with van der Waals surface area (Å²) in [5.41, 5.74) is 0. The van der Waals surface area contributed by atoms with E-state index in [0.29, 0.717) is 0 Å². The molecule has 0 spiro atoms. The molecule has 8 heteroatoms. The van der Waals surface area contributed by atoms with E-state index in [1.54, 1.807) is 0 Å². The van der Waals surface area contributed by atoms with Gasteiger partial charge < -0.3 is 0 Å². The number of rotatable bonds is 7. The Hall–Kier alpha value is -0.600. The van der Waals surface area contributed by atoms with Crippen molar-refractivity contribution in [3.63, 3.8) is 0 Å². The Morgan fingerprint density at radius 1 is 1.07 bits per heavy atom. The second-order valence-electron chi connectivity index (χ2n) is 2.24. The molecule has 0 unspecified atom stereocenters. The quantitative estimate of drug-likeness (QED) is 0.481. The molecular formula is C6H11F3N2O2S. The number of nitrogens with zero attached hydrogens (tertiary/aromatic N) is 2. The Balaban J connectivity index is 4.79. The molecule has 0 aromatic carbocycles. The van der Waals surface area contributed by atoms with Gasteiger partial charge in [0.25, 0.3) is 10.2 Å². The van der Waals surface area contributed by atoms with Crippen molar-refractivity contribution < 1.29 is 21.6 Å². The molecule has 0 aliphatic rings. The van der Waals surface area contributed by atoms with Gasteiger partial charge in [0.2, 0.25) is 0 Å². The fourth-order valence-corrected chi connectivity index (χ4v) is 1.66. The lowest BCUT2D eigenvalue weighted by atomic mass is 10.6. The predicted molar refractivity (Wildman–Crippen MR) is 45.6 cm³/mol. The third-order valence-electron chi connectivity index (χ3n) is 1.39. The molecule has 0 N–H and O–H groups in total. The second-order valence-corrected chi connectivity index (χ2v) is 4.17. The Morgan fingerprint density at radius 2 is 1.50 bits per heavy atom. The van der Waals surface area contributed by atoms with Gasteiger partial charge in [-0.2, -0.15) is 12.7 Å². The maximum absolute atomic E-state index is 12.2. The van der Waals surface area contributed by atoms with Crippen LogP contribution in [0.5, 0.6) is 0 Å². The topological polar surface area (TPSA) is 40.6 Å². The minimum absolute atomic E-state index is 0.129. The van der Waals surface area contributed by atoms with Crippen molar-refractivity contribution in [3.8, 4) is 0 Å². The maximum atomic E-state index is 12.2. The van der Waals surface area contributed by atoms with Gasteiger partial charge >= 0.3 is 0 Å². The summed E-state index contributed by atoms with van der Waals surface area (Å²) in [7, 11) is -4.41.